The van der Waals surface area contributed by atoms with Gasteiger partial charge in [0.1, 0.15) is 17.9 Å². The lowest BCUT2D eigenvalue weighted by Gasteiger charge is -2.27. The number of aliphatic hydroxyl groups is 1. The summed E-state index contributed by atoms with van der Waals surface area (Å²) in [6.07, 6.45) is -0.480. The maximum absolute atomic E-state index is 10.7. The van der Waals surface area contributed by atoms with Crippen molar-refractivity contribution in [1.82, 2.24) is 24.5 Å². The fourth-order valence-electron chi connectivity index (χ4n) is 3.06. The van der Waals surface area contributed by atoms with E-state index < -0.39 is 6.10 Å². The Hall–Kier alpha value is -2.73. The summed E-state index contributed by atoms with van der Waals surface area (Å²) in [6.45, 7) is 7.13. The molecular weight excluding hydrogens is 326 g/mol. The van der Waals surface area contributed by atoms with Crippen molar-refractivity contribution >= 4 is 22.1 Å². The Morgan fingerprint density at radius 3 is 2.35 bits per heavy atom. The van der Waals surface area contributed by atoms with Gasteiger partial charge in [0.05, 0.1) is 29.2 Å². The Morgan fingerprint density at radius 1 is 0.962 bits per heavy atom. The first kappa shape index (κ1) is 16.7. The van der Waals surface area contributed by atoms with Gasteiger partial charge in [0.25, 0.3) is 0 Å². The van der Waals surface area contributed by atoms with Crippen LogP contribution in [0.4, 0.5) is 0 Å². The van der Waals surface area contributed by atoms with Crippen LogP contribution in [0.1, 0.15) is 26.6 Å². The molecule has 2 aromatic carbocycles. The maximum Gasteiger partial charge on any atom is 0.131 e. The Morgan fingerprint density at radius 2 is 1.62 bits per heavy atom. The van der Waals surface area contributed by atoms with E-state index in [0.717, 1.165) is 27.9 Å². The van der Waals surface area contributed by atoms with Crippen molar-refractivity contribution < 1.29 is 5.11 Å². The highest BCUT2D eigenvalue weighted by molar-refractivity contribution is 5.76. The van der Waals surface area contributed by atoms with Crippen molar-refractivity contribution in [3.63, 3.8) is 0 Å². The number of nitrogens with zero attached hydrogens (tertiary/aromatic N) is 5. The number of aromatic nitrogens is 5. The van der Waals surface area contributed by atoms with Crippen LogP contribution in [0, 0.1) is 5.41 Å². The predicted octanol–water partition coefficient (Wildman–Crippen LogP) is 3.24. The van der Waals surface area contributed by atoms with Gasteiger partial charge in [-0.05, 0) is 29.7 Å². The molecule has 2 aromatic heterocycles. The van der Waals surface area contributed by atoms with Crippen molar-refractivity contribution in [2.75, 3.05) is 0 Å². The van der Waals surface area contributed by atoms with Gasteiger partial charge in [-0.1, -0.05) is 50.3 Å². The number of fused-ring (bicyclic) bond motifs is 2. The van der Waals surface area contributed by atoms with Gasteiger partial charge in [0.2, 0.25) is 0 Å². The fourth-order valence-corrected chi connectivity index (χ4v) is 3.06. The summed E-state index contributed by atoms with van der Waals surface area (Å²) in [5, 5.41) is 19.2. The summed E-state index contributed by atoms with van der Waals surface area (Å²) in [5.41, 5.74) is 3.58. The minimum absolute atomic E-state index is 0.206. The van der Waals surface area contributed by atoms with Crippen LogP contribution in [0.15, 0.2) is 48.5 Å². The molecule has 0 radical (unpaired) electrons. The molecule has 0 saturated heterocycles. The summed E-state index contributed by atoms with van der Waals surface area (Å²) in [7, 11) is 0. The summed E-state index contributed by atoms with van der Waals surface area (Å²) in [4.78, 5) is 4.79. The largest absolute Gasteiger partial charge is 0.391 e. The molecule has 26 heavy (non-hydrogen) atoms. The van der Waals surface area contributed by atoms with Crippen molar-refractivity contribution in [2.24, 2.45) is 5.41 Å². The molecule has 0 saturated carbocycles. The second kappa shape index (κ2) is 6.21. The molecule has 1 N–H and O–H groups in total. The Kier molecular flexibility index (Phi) is 4.00. The topological polar surface area (TPSA) is 68.8 Å². The molecule has 6 nitrogen and oxygen atoms in total. The predicted molar refractivity (Wildman–Crippen MR) is 102 cm³/mol. The average Bonchev–Trinajstić information content (AvgIpc) is 3.17. The van der Waals surface area contributed by atoms with Crippen LogP contribution in [0.2, 0.25) is 0 Å². The summed E-state index contributed by atoms with van der Waals surface area (Å²) in [6, 6.07) is 15.9. The van der Waals surface area contributed by atoms with E-state index in [2.05, 4.69) is 14.9 Å². The van der Waals surface area contributed by atoms with Crippen LogP contribution in [0.5, 0.6) is 0 Å². The smallest absolute Gasteiger partial charge is 0.131 e. The molecule has 2 heterocycles. The molecule has 4 rings (SSSR count). The van der Waals surface area contributed by atoms with Gasteiger partial charge in [-0.3, -0.25) is 0 Å². The van der Waals surface area contributed by atoms with Gasteiger partial charge >= 0.3 is 0 Å². The molecule has 1 unspecified atom stereocenters. The molecule has 134 valence electrons. The van der Waals surface area contributed by atoms with Crippen LogP contribution in [0.25, 0.3) is 22.1 Å². The van der Waals surface area contributed by atoms with Gasteiger partial charge in [0.15, 0.2) is 0 Å². The lowest BCUT2D eigenvalue weighted by atomic mass is 9.89. The number of hydrogen-bond donors (Lipinski definition) is 1. The van der Waals surface area contributed by atoms with E-state index in [1.54, 1.807) is 0 Å². The quantitative estimate of drug-likeness (QED) is 0.614. The second-order valence-electron chi connectivity index (χ2n) is 7.74. The van der Waals surface area contributed by atoms with Crippen LogP contribution in [-0.2, 0) is 13.1 Å². The molecule has 0 spiro atoms. The van der Waals surface area contributed by atoms with Gasteiger partial charge in [0, 0.05) is 0 Å². The first-order valence-corrected chi connectivity index (χ1v) is 8.84. The van der Waals surface area contributed by atoms with Crippen LogP contribution in [-0.4, -0.2) is 35.8 Å². The normalized spacial score (nSPS) is 13.5. The first-order chi connectivity index (χ1) is 12.4. The third-order valence-electron chi connectivity index (χ3n) is 4.80. The molecular formula is C20H23N5O. The molecule has 6 heteroatoms. The minimum atomic E-state index is -0.480. The fraction of sp³-hybridized carbons (Fsp3) is 0.350. The third kappa shape index (κ3) is 2.97. The molecule has 1 atom stereocenters. The third-order valence-corrected chi connectivity index (χ3v) is 4.80. The molecule has 0 aliphatic rings. The number of benzene rings is 2. The number of para-hydroxylation sites is 3. The lowest BCUT2D eigenvalue weighted by Crippen LogP contribution is -2.31. The SMILES string of the molecule is CC(C)(C)C(O)Cn1c(Cn2nnc3ccccc32)nc2ccccc21. The number of rotatable bonds is 4. The average molecular weight is 349 g/mol. The van der Waals surface area contributed by atoms with Crippen LogP contribution >= 0.6 is 0 Å². The number of aliphatic hydroxyl groups excluding tert-OH is 1. The van der Waals surface area contributed by atoms with Crippen molar-refractivity contribution in [3.05, 3.63) is 54.4 Å². The summed E-state index contributed by atoms with van der Waals surface area (Å²) >= 11 is 0. The van der Waals surface area contributed by atoms with E-state index in [4.69, 9.17) is 4.98 Å². The molecule has 0 aliphatic carbocycles. The van der Waals surface area contributed by atoms with Crippen molar-refractivity contribution in [3.8, 4) is 0 Å². The van der Waals surface area contributed by atoms with Crippen LogP contribution in [0.3, 0.4) is 0 Å². The summed E-state index contributed by atoms with van der Waals surface area (Å²) < 4.78 is 3.96. The van der Waals surface area contributed by atoms with E-state index >= 15 is 0 Å². The Balaban J connectivity index is 1.78. The monoisotopic (exact) mass is 349 g/mol. The van der Waals surface area contributed by atoms with Gasteiger partial charge in [-0.25, -0.2) is 9.67 Å². The van der Waals surface area contributed by atoms with E-state index in [0.29, 0.717) is 13.1 Å². The highest BCUT2D eigenvalue weighted by Crippen LogP contribution is 2.24. The standard InChI is InChI=1S/C20H23N5O/c1-20(2,3)18(26)12-24-16-10-6-4-8-14(16)21-19(24)13-25-17-11-7-5-9-15(17)22-23-25/h4-11,18,26H,12-13H2,1-3H3. The van der Waals surface area contributed by atoms with E-state index in [1.807, 2.05) is 74.0 Å². The highest BCUT2D eigenvalue weighted by atomic mass is 16.3. The zero-order valence-electron chi connectivity index (χ0n) is 15.3. The molecule has 0 aliphatic heterocycles. The Bertz CT molecular complexity index is 1060. The number of imidazole rings is 1. The molecule has 0 fully saturated rings. The van der Waals surface area contributed by atoms with E-state index in [9.17, 15) is 5.11 Å². The van der Waals surface area contributed by atoms with Crippen molar-refractivity contribution in [2.45, 2.75) is 40.0 Å². The van der Waals surface area contributed by atoms with Crippen molar-refractivity contribution in [1.29, 1.82) is 0 Å². The van der Waals surface area contributed by atoms with E-state index in [-0.39, 0.29) is 5.41 Å². The molecule has 0 bridgehead atoms. The zero-order valence-corrected chi connectivity index (χ0v) is 15.3. The van der Waals surface area contributed by atoms with Gasteiger partial charge in [-0.2, -0.15) is 0 Å². The second-order valence-corrected chi connectivity index (χ2v) is 7.74. The molecule has 0 amide bonds. The number of hydrogen-bond acceptors (Lipinski definition) is 4. The molecule has 4 aromatic rings. The minimum Gasteiger partial charge on any atom is -0.391 e. The highest BCUT2D eigenvalue weighted by Gasteiger charge is 2.24. The lowest BCUT2D eigenvalue weighted by molar-refractivity contribution is 0.0482. The zero-order chi connectivity index (χ0) is 18.3. The van der Waals surface area contributed by atoms with Crippen LogP contribution < -0.4 is 0 Å². The van der Waals surface area contributed by atoms with E-state index in [1.165, 1.54) is 0 Å². The van der Waals surface area contributed by atoms with Gasteiger partial charge < -0.3 is 9.67 Å². The van der Waals surface area contributed by atoms with Gasteiger partial charge in [-0.15, -0.1) is 5.10 Å². The summed E-state index contributed by atoms with van der Waals surface area (Å²) in [5.74, 6) is 0.866. The Labute approximate surface area is 152 Å². The first-order valence-electron chi connectivity index (χ1n) is 8.84. The maximum atomic E-state index is 10.7.